The summed E-state index contributed by atoms with van der Waals surface area (Å²) in [5, 5.41) is 0. The molecule has 0 aliphatic carbocycles. The molecule has 0 heterocycles. The molecule has 0 saturated heterocycles. The van der Waals surface area contributed by atoms with Crippen LogP contribution in [0.15, 0.2) is 0 Å². The first kappa shape index (κ1) is 16.5. The average Bonchev–Trinajstić information content (AvgIpc) is 0.811. The van der Waals surface area contributed by atoms with Gasteiger partial charge in [0.05, 0.1) is 0 Å². The molecule has 0 N–H and O–H groups in total. The van der Waals surface area contributed by atoms with Gasteiger partial charge in [-0.25, -0.2) is 0 Å². The van der Waals surface area contributed by atoms with E-state index in [9.17, 15) is 0 Å². The van der Waals surface area contributed by atoms with Crippen molar-refractivity contribution in [3.05, 3.63) is 0 Å². The van der Waals surface area contributed by atoms with E-state index in [4.69, 9.17) is 9.18 Å². The second kappa shape index (κ2) is 11.6. The van der Waals surface area contributed by atoms with Crippen molar-refractivity contribution in [3.8, 4) is 0 Å². The van der Waals surface area contributed by atoms with E-state index in [2.05, 4.69) is 0 Å². The molecule has 0 rings (SSSR count). The van der Waals surface area contributed by atoms with Crippen molar-refractivity contribution >= 4 is 0 Å². The molecule has 0 radical (unpaired) electrons. The molecule has 0 aromatic carbocycles. The van der Waals surface area contributed by atoms with E-state index in [-0.39, 0.29) is 103 Å². The Morgan fingerprint density at radius 2 is 1.17 bits per heavy atom. The maximum atomic E-state index is 8.61. The Labute approximate surface area is 130 Å². The summed E-state index contributed by atoms with van der Waals surface area (Å²) in [6.45, 7) is 0. The first-order chi connectivity index (χ1) is 1.73. The van der Waals surface area contributed by atoms with Crippen LogP contribution in [0.1, 0.15) is 0 Å². The molecule has 0 aromatic heterocycles. The normalized spacial score (nSPS) is 4.33. The first-order valence-electron chi connectivity index (χ1n) is 0.612. The third kappa shape index (κ3) is 24.8. The number of hydrogen-bond donors (Lipinski definition) is 0. The van der Waals surface area contributed by atoms with Gasteiger partial charge in [0.2, 0.25) is 0 Å². The van der Waals surface area contributed by atoms with Crippen molar-refractivity contribution in [2.24, 2.45) is 0 Å². The van der Waals surface area contributed by atoms with Crippen LogP contribution in [0.3, 0.4) is 0 Å². The van der Waals surface area contributed by atoms with E-state index >= 15 is 0 Å². The monoisotopic (exact) mass is 216 g/mol. The van der Waals surface area contributed by atoms with E-state index < -0.39 is 22.6 Å². The summed E-state index contributed by atoms with van der Waals surface area (Å²) in [4.78, 5) is 0. The Kier molecular flexibility index (Phi) is 31.9. The molecule has 0 saturated carbocycles. The fourth-order valence-corrected chi connectivity index (χ4v) is 0. The second-order valence-electron chi connectivity index (χ2n) is 0.250. The third-order valence-electron chi connectivity index (χ3n) is 0. The fraction of sp³-hybridized carbons (Fsp3) is 0. The van der Waals surface area contributed by atoms with Gasteiger partial charge in [0.1, 0.15) is 0 Å². The van der Waals surface area contributed by atoms with Crippen LogP contribution < -0.4 is 109 Å². The van der Waals surface area contributed by atoms with E-state index in [0.717, 1.165) is 0 Å². The van der Waals surface area contributed by atoms with Crippen LogP contribution in [-0.2, 0) is 25.4 Å². The van der Waals surface area contributed by atoms with Crippen molar-refractivity contribution in [3.63, 3.8) is 0 Å². The van der Waals surface area contributed by atoms with Crippen molar-refractivity contribution in [2.75, 3.05) is 0 Å². The molecule has 0 bridgehead atoms. The van der Waals surface area contributed by atoms with Gasteiger partial charge in [0.15, 0.2) is 0 Å². The van der Waals surface area contributed by atoms with E-state index in [1.54, 1.807) is 0 Å². The van der Waals surface area contributed by atoms with Gasteiger partial charge in [-0.15, -0.1) is 0 Å². The number of rotatable bonds is 0. The zero-order valence-electron chi connectivity index (χ0n) is 3.72. The van der Waals surface area contributed by atoms with Gasteiger partial charge in [-0.1, -0.05) is 0 Å². The van der Waals surface area contributed by atoms with E-state index in [1.165, 1.54) is 0 Å². The molecule has 6 heteroatoms. The molecule has 6 heavy (non-hydrogen) atoms. The van der Waals surface area contributed by atoms with Gasteiger partial charge in [-0.05, 0) is 0 Å². The molecule has 0 fully saturated rings. The molecule has 0 spiro atoms. The summed E-state index contributed by atoms with van der Waals surface area (Å²) in [5.74, 6) is 0. The molecule has 0 aromatic rings. The van der Waals surface area contributed by atoms with Gasteiger partial charge in [-0.3, -0.25) is 0 Å². The van der Waals surface area contributed by atoms with Crippen LogP contribution in [0.5, 0.6) is 0 Å². The van der Waals surface area contributed by atoms with Crippen LogP contribution in [0.25, 0.3) is 0 Å². The minimum atomic E-state index is -4.29. The summed E-state index contributed by atoms with van der Waals surface area (Å²) in [6, 6.07) is 0. The Hall–Kier alpha value is 3.88. The Balaban J connectivity index is -0.0000000450. The van der Waals surface area contributed by atoms with Crippen molar-refractivity contribution in [2.45, 2.75) is 0 Å². The molecule has 0 amide bonds. The number of hydrogen-bond acceptors (Lipinski definition) is 3. The second-order valence-corrected chi connectivity index (χ2v) is 1.48. The molecule has 24 valence electrons. The first-order valence-corrected chi connectivity index (χ1v) is 3.62. The van der Waals surface area contributed by atoms with E-state index in [1.807, 2.05) is 0 Å². The third-order valence-corrected chi connectivity index (χ3v) is 0. The zero-order valence-corrected chi connectivity index (χ0v) is 12.4. The molecule has 0 atom stereocenters. The summed E-state index contributed by atoms with van der Waals surface area (Å²) in [5.41, 5.74) is 0. The molecule has 0 aliphatic rings. The van der Waals surface area contributed by atoms with Gasteiger partial charge < -0.3 is 0 Å². The van der Waals surface area contributed by atoms with Gasteiger partial charge in [-0.2, -0.15) is 0 Å². The SMILES string of the molecule is [K+].[K+].[O]=[Zr]([O-])[O-]. The maximum absolute atomic E-state index is 8.61. The van der Waals surface area contributed by atoms with Gasteiger partial charge >= 0.3 is 135 Å². The predicted molar refractivity (Wildman–Crippen MR) is 0.686 cm³/mol. The molecule has 0 unspecified atom stereocenters. The predicted octanol–water partition coefficient (Wildman–Crippen LogP) is -8.49. The molecule has 0 aliphatic heterocycles. The molecule has 3 nitrogen and oxygen atoms in total. The minimum absolute atomic E-state index is 0. The summed E-state index contributed by atoms with van der Waals surface area (Å²) < 4.78 is 25.8. The van der Waals surface area contributed by atoms with Crippen LogP contribution in [0.2, 0.25) is 0 Å². The topological polar surface area (TPSA) is 63.2 Å². The van der Waals surface area contributed by atoms with Gasteiger partial charge in [0, 0.05) is 0 Å². The summed E-state index contributed by atoms with van der Waals surface area (Å²) in [7, 11) is 0. The Morgan fingerprint density at radius 3 is 1.17 bits per heavy atom. The molecular formula is K2O3Zr. The van der Waals surface area contributed by atoms with Crippen LogP contribution in [0.4, 0.5) is 0 Å². The van der Waals surface area contributed by atoms with Crippen LogP contribution in [-0.4, -0.2) is 0 Å². The molecular weight excluding hydrogens is 217 g/mol. The summed E-state index contributed by atoms with van der Waals surface area (Å²) in [6.07, 6.45) is 0. The van der Waals surface area contributed by atoms with Crippen molar-refractivity contribution in [1.82, 2.24) is 0 Å². The Morgan fingerprint density at radius 1 is 1.17 bits per heavy atom. The van der Waals surface area contributed by atoms with Crippen LogP contribution >= 0.6 is 0 Å². The van der Waals surface area contributed by atoms with Gasteiger partial charge in [0.25, 0.3) is 0 Å². The van der Waals surface area contributed by atoms with Crippen molar-refractivity contribution < 1.29 is 135 Å². The average molecular weight is 217 g/mol. The zero-order chi connectivity index (χ0) is 3.58. The van der Waals surface area contributed by atoms with Crippen LogP contribution in [0, 0.1) is 0 Å². The standard InChI is InChI=1S/2K.3O.Zr/q2*+1;;2*-1;. The van der Waals surface area contributed by atoms with E-state index in [0.29, 0.717) is 0 Å². The quantitative estimate of drug-likeness (QED) is 0.379. The fourth-order valence-electron chi connectivity index (χ4n) is 0. The van der Waals surface area contributed by atoms with Crippen molar-refractivity contribution in [1.29, 1.82) is 0 Å². The summed E-state index contributed by atoms with van der Waals surface area (Å²) >= 11 is -4.29. The Bertz CT molecular complexity index is 31.8.